The smallest absolute Gasteiger partial charge is 0.243 e. The van der Waals surface area contributed by atoms with Crippen molar-refractivity contribution >= 4 is 32.5 Å². The first kappa shape index (κ1) is 22.3. The van der Waals surface area contributed by atoms with Crippen molar-refractivity contribution in [3.05, 3.63) is 71.5 Å². The third-order valence-corrected chi connectivity index (χ3v) is 8.20. The molecule has 174 valence electrons. The van der Waals surface area contributed by atoms with Crippen LogP contribution in [0.4, 0.5) is 10.2 Å². The van der Waals surface area contributed by atoms with E-state index in [1.165, 1.54) is 16.4 Å². The second-order valence-electron chi connectivity index (χ2n) is 8.37. The topological polar surface area (TPSA) is 81.7 Å². The van der Waals surface area contributed by atoms with Crippen molar-refractivity contribution in [2.75, 3.05) is 31.1 Å². The molecule has 1 aliphatic heterocycles. The molecule has 2 aromatic carbocycles. The first-order valence-corrected chi connectivity index (χ1v) is 12.7. The van der Waals surface area contributed by atoms with Crippen LogP contribution in [0.2, 0.25) is 0 Å². The molecule has 1 saturated heterocycles. The van der Waals surface area contributed by atoms with Crippen LogP contribution in [0.15, 0.2) is 59.5 Å². The quantitative estimate of drug-likeness (QED) is 0.435. The van der Waals surface area contributed by atoms with Crippen LogP contribution in [0.25, 0.3) is 16.7 Å². The number of halogens is 1. The Morgan fingerprint density at radius 1 is 1.06 bits per heavy atom. The van der Waals surface area contributed by atoms with E-state index < -0.39 is 15.8 Å². The predicted octanol–water partition coefficient (Wildman–Crippen LogP) is 3.96. The molecule has 0 saturated carbocycles. The molecule has 0 aliphatic carbocycles. The van der Waals surface area contributed by atoms with Gasteiger partial charge in [0.25, 0.3) is 0 Å². The molecule has 1 fully saturated rings. The van der Waals surface area contributed by atoms with Crippen molar-refractivity contribution in [1.82, 2.24) is 13.7 Å². The summed E-state index contributed by atoms with van der Waals surface area (Å²) in [7, 11) is -3.70. The highest BCUT2D eigenvalue weighted by Gasteiger charge is 2.30. The molecule has 34 heavy (non-hydrogen) atoms. The molecule has 0 amide bonds. The number of aryl methyl sites for hydroxylation is 1. The number of hydrogen-bond donors (Lipinski definition) is 0. The second-order valence-corrected chi connectivity index (χ2v) is 10.3. The molecule has 3 heterocycles. The van der Waals surface area contributed by atoms with Crippen LogP contribution in [0.1, 0.15) is 24.5 Å². The summed E-state index contributed by atoms with van der Waals surface area (Å²) in [5.41, 5.74) is 3.88. The number of fused-ring (bicyclic) bond motifs is 3. The summed E-state index contributed by atoms with van der Waals surface area (Å²) in [6, 6.07) is 17.1. The molecular weight excluding hydrogens is 453 g/mol. The van der Waals surface area contributed by atoms with E-state index in [2.05, 4.69) is 17.9 Å². The number of benzene rings is 2. The first-order valence-electron chi connectivity index (χ1n) is 11.3. The fourth-order valence-electron chi connectivity index (χ4n) is 4.60. The van der Waals surface area contributed by atoms with Gasteiger partial charge >= 0.3 is 0 Å². The van der Waals surface area contributed by atoms with Gasteiger partial charge < -0.3 is 4.90 Å². The number of piperazine rings is 1. The Morgan fingerprint density at radius 2 is 1.76 bits per heavy atom. The van der Waals surface area contributed by atoms with Gasteiger partial charge in [0.15, 0.2) is 5.65 Å². The van der Waals surface area contributed by atoms with Gasteiger partial charge in [-0.1, -0.05) is 25.5 Å². The number of rotatable bonds is 5. The molecule has 0 radical (unpaired) electrons. The van der Waals surface area contributed by atoms with Crippen molar-refractivity contribution in [1.29, 1.82) is 5.26 Å². The van der Waals surface area contributed by atoms with Crippen LogP contribution >= 0.6 is 0 Å². The van der Waals surface area contributed by atoms with E-state index in [1.807, 2.05) is 34.7 Å². The van der Waals surface area contributed by atoms with Gasteiger partial charge in [0.05, 0.1) is 21.5 Å². The van der Waals surface area contributed by atoms with Crippen molar-refractivity contribution in [3.8, 4) is 6.07 Å². The summed E-state index contributed by atoms with van der Waals surface area (Å²) in [6.45, 7) is 3.65. The van der Waals surface area contributed by atoms with Gasteiger partial charge in [0.2, 0.25) is 10.0 Å². The maximum Gasteiger partial charge on any atom is 0.243 e. The van der Waals surface area contributed by atoms with E-state index in [4.69, 9.17) is 4.98 Å². The highest BCUT2D eigenvalue weighted by Crippen LogP contribution is 2.31. The molecule has 0 bridgehead atoms. The Hall–Kier alpha value is -3.48. The van der Waals surface area contributed by atoms with Crippen LogP contribution in [0, 0.1) is 17.1 Å². The molecule has 7 nitrogen and oxygen atoms in total. The van der Waals surface area contributed by atoms with Crippen molar-refractivity contribution in [2.45, 2.75) is 24.7 Å². The Labute approximate surface area is 197 Å². The van der Waals surface area contributed by atoms with Gasteiger partial charge in [-0.2, -0.15) is 9.57 Å². The Bertz CT molecular complexity index is 1520. The number of para-hydroxylation sites is 2. The van der Waals surface area contributed by atoms with Crippen molar-refractivity contribution in [2.24, 2.45) is 0 Å². The van der Waals surface area contributed by atoms with E-state index in [-0.39, 0.29) is 4.90 Å². The van der Waals surface area contributed by atoms with Crippen molar-refractivity contribution < 1.29 is 12.8 Å². The number of nitrogens with zero attached hydrogens (tertiary/aromatic N) is 5. The molecule has 2 aromatic heterocycles. The van der Waals surface area contributed by atoms with E-state index in [9.17, 15) is 18.1 Å². The zero-order valence-corrected chi connectivity index (χ0v) is 19.6. The lowest BCUT2D eigenvalue weighted by atomic mass is 10.1. The lowest BCUT2D eigenvalue weighted by Crippen LogP contribution is -2.49. The molecule has 0 spiro atoms. The van der Waals surface area contributed by atoms with Crippen LogP contribution in [0.3, 0.4) is 0 Å². The molecule has 0 N–H and O–H groups in total. The number of aromatic nitrogens is 2. The molecular formula is C25H24FN5O2S. The summed E-state index contributed by atoms with van der Waals surface area (Å²) in [4.78, 5) is 7.00. The van der Waals surface area contributed by atoms with Crippen LogP contribution in [0.5, 0.6) is 0 Å². The summed E-state index contributed by atoms with van der Waals surface area (Å²) in [5.74, 6) is 0.439. The van der Waals surface area contributed by atoms with E-state index in [1.54, 1.807) is 0 Å². The summed E-state index contributed by atoms with van der Waals surface area (Å²) in [5, 5.41) is 9.91. The van der Waals surface area contributed by atoms with Gasteiger partial charge in [0, 0.05) is 26.2 Å². The third kappa shape index (κ3) is 3.69. The van der Waals surface area contributed by atoms with Gasteiger partial charge in [-0.3, -0.25) is 4.40 Å². The molecule has 0 atom stereocenters. The Morgan fingerprint density at radius 3 is 2.44 bits per heavy atom. The highest BCUT2D eigenvalue weighted by molar-refractivity contribution is 7.89. The summed E-state index contributed by atoms with van der Waals surface area (Å²) < 4.78 is 42.8. The minimum absolute atomic E-state index is 0.0916. The predicted molar refractivity (Wildman–Crippen MR) is 129 cm³/mol. The number of anilines is 1. The van der Waals surface area contributed by atoms with Crippen LogP contribution in [-0.2, 0) is 16.4 Å². The van der Waals surface area contributed by atoms with Crippen molar-refractivity contribution in [3.63, 3.8) is 0 Å². The standard InChI is InChI=1S/C25H24FN5O2S/c1-2-5-18-16-24(31-23-7-4-3-6-22(23)28-25(31)21(18)17-27)29-12-14-30(15-13-29)34(32,33)20-10-8-19(26)9-11-20/h3-4,6-11,16H,2,5,12-15H2,1H3. The monoisotopic (exact) mass is 477 g/mol. The average molecular weight is 478 g/mol. The molecule has 0 unspecified atom stereocenters. The number of hydrogen-bond acceptors (Lipinski definition) is 5. The van der Waals surface area contributed by atoms with E-state index in [0.717, 1.165) is 47.4 Å². The van der Waals surface area contributed by atoms with Gasteiger partial charge in [-0.15, -0.1) is 0 Å². The number of sulfonamides is 1. The number of imidazole rings is 1. The average Bonchev–Trinajstić information content (AvgIpc) is 3.23. The summed E-state index contributed by atoms with van der Waals surface area (Å²) in [6.07, 6.45) is 1.66. The minimum Gasteiger partial charge on any atom is -0.355 e. The SMILES string of the molecule is CCCc1cc(N2CCN(S(=O)(=O)c3ccc(F)cc3)CC2)n2c(nc3ccccc32)c1C#N. The van der Waals surface area contributed by atoms with Crippen LogP contribution in [-0.4, -0.2) is 48.3 Å². The number of pyridine rings is 1. The maximum atomic E-state index is 13.3. The molecule has 4 aromatic rings. The zero-order valence-electron chi connectivity index (χ0n) is 18.8. The Kier molecular flexibility index (Phi) is 5.71. The highest BCUT2D eigenvalue weighted by atomic mass is 32.2. The normalized spacial score (nSPS) is 15.1. The van der Waals surface area contributed by atoms with E-state index >= 15 is 0 Å². The molecule has 5 rings (SSSR count). The first-order chi connectivity index (χ1) is 16.4. The summed E-state index contributed by atoms with van der Waals surface area (Å²) >= 11 is 0. The van der Waals surface area contributed by atoms with E-state index in [0.29, 0.717) is 37.4 Å². The maximum absolute atomic E-state index is 13.3. The van der Waals surface area contributed by atoms with Crippen LogP contribution < -0.4 is 4.90 Å². The second kappa shape index (κ2) is 8.70. The van der Waals surface area contributed by atoms with Gasteiger partial charge in [-0.05, 0) is 54.4 Å². The van der Waals surface area contributed by atoms with Gasteiger partial charge in [0.1, 0.15) is 17.7 Å². The lowest BCUT2D eigenvalue weighted by molar-refractivity contribution is 0.383. The van der Waals surface area contributed by atoms with Gasteiger partial charge in [-0.25, -0.2) is 17.8 Å². The minimum atomic E-state index is -3.70. The number of nitriles is 1. The fraction of sp³-hybridized carbons (Fsp3) is 0.280. The third-order valence-electron chi connectivity index (χ3n) is 6.28. The lowest BCUT2D eigenvalue weighted by Gasteiger charge is -2.36. The molecule has 9 heteroatoms. The largest absolute Gasteiger partial charge is 0.355 e. The Balaban J connectivity index is 1.53. The molecule has 1 aliphatic rings. The zero-order chi connectivity index (χ0) is 23.9. The fourth-order valence-corrected chi connectivity index (χ4v) is 6.02.